The van der Waals surface area contributed by atoms with Gasteiger partial charge < -0.3 is 9.26 Å². The van der Waals surface area contributed by atoms with E-state index in [-0.39, 0.29) is 0 Å². The van der Waals surface area contributed by atoms with Gasteiger partial charge in [0.25, 0.3) is 0 Å². The minimum Gasteiger partial charge on any atom is -0.496 e. The van der Waals surface area contributed by atoms with Crippen molar-refractivity contribution in [3.05, 3.63) is 66.1 Å². The molecule has 4 aromatic rings. The fourth-order valence-corrected chi connectivity index (χ4v) is 3.89. The number of hydrogen-bond donors (Lipinski definition) is 1. The highest BCUT2D eigenvalue weighted by Gasteiger charge is 2.14. The van der Waals surface area contributed by atoms with E-state index >= 15 is 0 Å². The molecule has 7 heteroatoms. The number of ether oxygens (including phenoxy) is 1. The van der Waals surface area contributed by atoms with E-state index in [0.717, 1.165) is 33.3 Å². The van der Waals surface area contributed by atoms with Gasteiger partial charge in [-0.3, -0.25) is 9.71 Å². The molecule has 4 rings (SSSR count). The smallest absolute Gasteiger partial charge is 0.181 e. The summed E-state index contributed by atoms with van der Waals surface area (Å²) in [4.78, 5) is 5.24. The van der Waals surface area contributed by atoms with Crippen LogP contribution in [0.3, 0.4) is 0 Å². The van der Waals surface area contributed by atoms with E-state index in [1.165, 1.54) is 11.8 Å². The maximum Gasteiger partial charge on any atom is 0.181 e. The Morgan fingerprint density at radius 2 is 1.89 bits per heavy atom. The molecule has 1 unspecified atom stereocenters. The molecule has 2 aromatic carbocycles. The van der Waals surface area contributed by atoms with Gasteiger partial charge in [0.2, 0.25) is 0 Å². The van der Waals surface area contributed by atoms with Crippen molar-refractivity contribution < 1.29 is 13.5 Å². The van der Waals surface area contributed by atoms with Crippen LogP contribution in [-0.2, 0) is 11.0 Å². The molecule has 0 aliphatic carbocycles. The molecule has 0 amide bonds. The van der Waals surface area contributed by atoms with Crippen molar-refractivity contribution in [1.29, 1.82) is 0 Å². The second-order valence-corrected chi connectivity index (χ2v) is 7.65. The summed E-state index contributed by atoms with van der Waals surface area (Å²) < 4.78 is 25.7. The lowest BCUT2D eigenvalue weighted by molar-refractivity contribution is 0.416. The van der Waals surface area contributed by atoms with E-state index in [1.54, 1.807) is 19.4 Å². The summed E-state index contributed by atoms with van der Waals surface area (Å²) in [5.41, 5.74) is 4.10. The number of aromatic nitrogens is 2. The van der Waals surface area contributed by atoms with Gasteiger partial charge in [0, 0.05) is 23.2 Å². The molecule has 0 spiro atoms. The third-order valence-corrected chi connectivity index (χ3v) is 5.73. The van der Waals surface area contributed by atoms with Gasteiger partial charge in [-0.25, -0.2) is 4.21 Å². The summed E-state index contributed by atoms with van der Waals surface area (Å²) in [6.45, 7) is 4.13. The van der Waals surface area contributed by atoms with Crippen LogP contribution < -0.4 is 9.46 Å². The average molecular weight is 393 g/mol. The highest BCUT2D eigenvalue weighted by atomic mass is 32.2. The van der Waals surface area contributed by atoms with Crippen LogP contribution in [0.25, 0.3) is 22.0 Å². The highest BCUT2D eigenvalue weighted by Crippen LogP contribution is 2.35. The predicted molar refractivity (Wildman–Crippen MR) is 110 cm³/mol. The van der Waals surface area contributed by atoms with Gasteiger partial charge in [0.1, 0.15) is 12.0 Å². The molecule has 0 fully saturated rings. The van der Waals surface area contributed by atoms with Crippen LogP contribution in [0, 0.1) is 13.8 Å². The molecule has 142 valence electrons. The molecule has 0 saturated carbocycles. The van der Waals surface area contributed by atoms with Crippen molar-refractivity contribution in [2.24, 2.45) is 0 Å². The van der Waals surface area contributed by atoms with Gasteiger partial charge in [0.05, 0.1) is 17.7 Å². The molecule has 1 atom stereocenters. The van der Waals surface area contributed by atoms with Gasteiger partial charge in [-0.2, -0.15) is 0 Å². The predicted octanol–water partition coefficient (Wildman–Crippen LogP) is 4.65. The number of anilines is 1. The summed E-state index contributed by atoms with van der Waals surface area (Å²) in [7, 11) is 0.212. The van der Waals surface area contributed by atoms with Crippen LogP contribution in [0.15, 0.2) is 64.3 Å². The second-order valence-electron chi connectivity index (χ2n) is 6.43. The van der Waals surface area contributed by atoms with E-state index in [2.05, 4.69) is 34.8 Å². The fraction of sp³-hybridized carbons (Fsp3) is 0.143. The number of methoxy groups -OCH3 is 1. The number of pyridine rings is 1. The number of benzene rings is 2. The van der Waals surface area contributed by atoms with Crippen LogP contribution in [0.1, 0.15) is 11.1 Å². The normalized spacial score (nSPS) is 12.1. The van der Waals surface area contributed by atoms with E-state index in [4.69, 9.17) is 9.26 Å². The lowest BCUT2D eigenvalue weighted by Gasteiger charge is -2.13. The number of nitrogens with zero attached hydrogens (tertiary/aromatic N) is 2. The molecule has 1 N–H and O–H groups in total. The highest BCUT2D eigenvalue weighted by molar-refractivity contribution is 7.86. The monoisotopic (exact) mass is 393 g/mol. The first kappa shape index (κ1) is 18.2. The quantitative estimate of drug-likeness (QED) is 0.534. The van der Waals surface area contributed by atoms with Gasteiger partial charge in [-0.15, -0.1) is 0 Å². The van der Waals surface area contributed by atoms with Crippen LogP contribution in [0.5, 0.6) is 5.75 Å². The Morgan fingerprint density at radius 3 is 2.64 bits per heavy atom. The van der Waals surface area contributed by atoms with Crippen molar-refractivity contribution in [3.8, 4) is 17.0 Å². The molecule has 0 saturated heterocycles. The van der Waals surface area contributed by atoms with Crippen LogP contribution in [0.4, 0.5) is 5.82 Å². The molecule has 2 aromatic heterocycles. The van der Waals surface area contributed by atoms with E-state index < -0.39 is 11.0 Å². The lowest BCUT2D eigenvalue weighted by Crippen LogP contribution is -2.04. The molecule has 0 radical (unpaired) electrons. The second kappa shape index (κ2) is 7.44. The molecule has 0 aliphatic heterocycles. The van der Waals surface area contributed by atoms with Crippen molar-refractivity contribution in [2.75, 3.05) is 11.8 Å². The van der Waals surface area contributed by atoms with Crippen molar-refractivity contribution in [1.82, 2.24) is 10.1 Å². The minimum absolute atomic E-state index is 0.425. The standard InChI is InChI=1S/C21H19N3O3S/c1-13-10-18(19(26-3)11-14(13)2)21-17-5-4-16(12-15(17)6-8-22-21)28(25)24-20-7-9-27-23-20/h4-12H,1-3H3,(H,23,24). The van der Waals surface area contributed by atoms with Crippen molar-refractivity contribution in [3.63, 3.8) is 0 Å². The SMILES string of the molecule is COc1cc(C)c(C)cc1-c1nccc2cc(S(=O)Nc3ccon3)ccc12. The summed E-state index contributed by atoms with van der Waals surface area (Å²) in [6, 6.07) is 13.3. The summed E-state index contributed by atoms with van der Waals surface area (Å²) in [5.74, 6) is 1.21. The van der Waals surface area contributed by atoms with E-state index in [0.29, 0.717) is 10.7 Å². The zero-order valence-electron chi connectivity index (χ0n) is 15.7. The summed E-state index contributed by atoms with van der Waals surface area (Å²) in [5, 5.41) is 5.64. The molecular weight excluding hydrogens is 374 g/mol. The van der Waals surface area contributed by atoms with E-state index in [1.807, 2.05) is 30.3 Å². The molecule has 0 aliphatic rings. The Kier molecular flexibility index (Phi) is 4.83. The molecule has 6 nitrogen and oxygen atoms in total. The Balaban J connectivity index is 1.78. The largest absolute Gasteiger partial charge is 0.496 e. The fourth-order valence-electron chi connectivity index (χ4n) is 3.05. The molecule has 28 heavy (non-hydrogen) atoms. The van der Waals surface area contributed by atoms with Gasteiger partial charge >= 0.3 is 0 Å². The first-order valence-electron chi connectivity index (χ1n) is 8.70. The topological polar surface area (TPSA) is 77.2 Å². The maximum atomic E-state index is 12.6. The van der Waals surface area contributed by atoms with Crippen LogP contribution in [-0.4, -0.2) is 21.5 Å². The van der Waals surface area contributed by atoms with Gasteiger partial charge in [-0.05, 0) is 60.7 Å². The maximum absolute atomic E-state index is 12.6. The van der Waals surface area contributed by atoms with Crippen LogP contribution >= 0.6 is 0 Å². The summed E-state index contributed by atoms with van der Waals surface area (Å²) in [6.07, 6.45) is 3.18. The number of fused-ring (bicyclic) bond motifs is 1. The first-order chi connectivity index (χ1) is 13.6. The Labute approximate surface area is 165 Å². The molecule has 2 heterocycles. The Hall–Kier alpha value is -3.19. The lowest BCUT2D eigenvalue weighted by atomic mass is 9.99. The number of hydrogen-bond acceptors (Lipinski definition) is 5. The number of aryl methyl sites for hydroxylation is 2. The van der Waals surface area contributed by atoms with Crippen LogP contribution in [0.2, 0.25) is 0 Å². The van der Waals surface area contributed by atoms with Crippen molar-refractivity contribution in [2.45, 2.75) is 18.7 Å². The number of rotatable bonds is 5. The minimum atomic E-state index is -1.45. The van der Waals surface area contributed by atoms with Crippen molar-refractivity contribution >= 4 is 27.6 Å². The third-order valence-electron chi connectivity index (χ3n) is 4.66. The number of nitrogens with one attached hydrogen (secondary N) is 1. The first-order valence-corrected chi connectivity index (χ1v) is 9.85. The summed E-state index contributed by atoms with van der Waals surface area (Å²) >= 11 is 0. The van der Waals surface area contributed by atoms with Gasteiger partial charge in [-0.1, -0.05) is 11.2 Å². The zero-order chi connectivity index (χ0) is 19.7. The molecular formula is C21H19N3O3S. The van der Waals surface area contributed by atoms with Gasteiger partial charge in [0.15, 0.2) is 16.8 Å². The Bertz CT molecular complexity index is 1170. The van der Waals surface area contributed by atoms with E-state index in [9.17, 15) is 4.21 Å². The Morgan fingerprint density at radius 1 is 1.07 bits per heavy atom. The average Bonchev–Trinajstić information content (AvgIpc) is 3.21. The zero-order valence-corrected chi connectivity index (χ0v) is 16.5. The molecule has 0 bridgehead atoms. The third kappa shape index (κ3) is 3.36.